The van der Waals surface area contributed by atoms with E-state index in [0.29, 0.717) is 29.3 Å². The lowest BCUT2D eigenvalue weighted by molar-refractivity contribution is 0.0800. The molecule has 1 fully saturated rings. The molecule has 0 bridgehead atoms. The molecule has 33 heavy (non-hydrogen) atoms. The Morgan fingerprint density at radius 1 is 1.24 bits per heavy atom. The fourth-order valence-electron chi connectivity index (χ4n) is 4.04. The Balaban J connectivity index is 1.53. The van der Waals surface area contributed by atoms with E-state index >= 15 is 0 Å². The zero-order valence-electron chi connectivity index (χ0n) is 18.3. The van der Waals surface area contributed by atoms with Gasteiger partial charge in [-0.1, -0.05) is 5.21 Å². The fraction of sp³-hybridized carbons (Fsp3) is 0.364. The molecule has 2 atom stereocenters. The average molecular weight is 445 g/mol. The van der Waals surface area contributed by atoms with Crippen LogP contribution in [0.1, 0.15) is 31.9 Å². The minimum atomic E-state index is -0.510. The molecule has 5 heterocycles. The summed E-state index contributed by atoms with van der Waals surface area (Å²) in [5.74, 6) is 0.593. The predicted molar refractivity (Wildman–Crippen MR) is 122 cm³/mol. The average Bonchev–Trinajstić information content (AvgIpc) is 3.46. The highest BCUT2D eigenvalue weighted by Gasteiger charge is 2.26. The highest BCUT2D eigenvalue weighted by molar-refractivity contribution is 5.79. The van der Waals surface area contributed by atoms with E-state index in [2.05, 4.69) is 55.9 Å². The number of aliphatic hydroxyl groups excluding tert-OH is 1. The maximum atomic E-state index is 10.3. The number of hydrogen-bond acceptors (Lipinski definition) is 9. The maximum absolute atomic E-state index is 10.3. The summed E-state index contributed by atoms with van der Waals surface area (Å²) in [6, 6.07) is 5.81. The molecule has 0 radical (unpaired) electrons. The van der Waals surface area contributed by atoms with Crippen LogP contribution in [0.25, 0.3) is 28.1 Å². The van der Waals surface area contributed by atoms with Gasteiger partial charge in [0.05, 0.1) is 30.1 Å². The molecule has 1 saturated heterocycles. The monoisotopic (exact) mass is 444 g/mol. The van der Waals surface area contributed by atoms with Crippen molar-refractivity contribution in [2.75, 3.05) is 18.4 Å². The molecule has 11 heteroatoms. The van der Waals surface area contributed by atoms with E-state index in [-0.39, 0.29) is 12.1 Å². The second-order valence-electron chi connectivity index (χ2n) is 8.40. The third-order valence-electron chi connectivity index (χ3n) is 5.63. The number of fused-ring (bicyclic) bond motifs is 1. The van der Waals surface area contributed by atoms with Crippen molar-refractivity contribution < 1.29 is 5.11 Å². The minimum absolute atomic E-state index is 0.110. The first-order valence-electron chi connectivity index (χ1n) is 10.9. The molecule has 11 nitrogen and oxygen atoms in total. The van der Waals surface area contributed by atoms with Crippen LogP contribution in [-0.4, -0.2) is 65.1 Å². The van der Waals surface area contributed by atoms with Gasteiger partial charge in [0, 0.05) is 47.7 Å². The van der Waals surface area contributed by atoms with Crippen molar-refractivity contribution in [3.8, 4) is 23.1 Å². The number of nitrogens with one attached hydrogen (secondary N) is 2. The standard InChI is InChI=1S/C22H24N10O/c1-13(2)28-17-6-21(32-22-15(9-27-32)5-14(7-23)8-26-22)25-10-16(17)18-12-31(30-29-18)19-3-4-24-11-20(19)33/h5-6,8-10,12-13,19-20,24,33H,3-4,11H2,1-2H3,(H,25,28). The molecule has 0 amide bonds. The number of piperidine rings is 1. The zero-order chi connectivity index (χ0) is 22.9. The zero-order valence-corrected chi connectivity index (χ0v) is 18.3. The lowest BCUT2D eigenvalue weighted by Crippen LogP contribution is -2.41. The van der Waals surface area contributed by atoms with Crippen LogP contribution in [-0.2, 0) is 0 Å². The summed E-state index contributed by atoms with van der Waals surface area (Å²) in [6.07, 6.45) is 7.06. The first kappa shape index (κ1) is 21.0. The van der Waals surface area contributed by atoms with Gasteiger partial charge in [-0.15, -0.1) is 5.10 Å². The van der Waals surface area contributed by atoms with Crippen molar-refractivity contribution in [1.82, 2.24) is 40.1 Å². The van der Waals surface area contributed by atoms with E-state index in [9.17, 15) is 5.11 Å². The highest BCUT2D eigenvalue weighted by atomic mass is 16.3. The highest BCUT2D eigenvalue weighted by Crippen LogP contribution is 2.30. The van der Waals surface area contributed by atoms with Gasteiger partial charge in [-0.3, -0.25) is 0 Å². The van der Waals surface area contributed by atoms with Gasteiger partial charge in [0.2, 0.25) is 0 Å². The van der Waals surface area contributed by atoms with Crippen LogP contribution in [0.4, 0.5) is 5.69 Å². The van der Waals surface area contributed by atoms with Gasteiger partial charge in [0.15, 0.2) is 11.5 Å². The lowest BCUT2D eigenvalue weighted by Gasteiger charge is -2.27. The van der Waals surface area contributed by atoms with Crippen LogP contribution in [0.5, 0.6) is 0 Å². The van der Waals surface area contributed by atoms with Crippen LogP contribution in [0.15, 0.2) is 36.9 Å². The van der Waals surface area contributed by atoms with Crippen LogP contribution in [0.2, 0.25) is 0 Å². The van der Waals surface area contributed by atoms with Crippen molar-refractivity contribution in [2.45, 2.75) is 38.5 Å². The SMILES string of the molecule is CC(C)Nc1cc(-n2ncc3cc(C#N)cnc32)ncc1-c1cn(C2CCNCC2O)nn1. The molecular formula is C22H24N10O. The topological polar surface area (TPSA) is 142 Å². The van der Waals surface area contributed by atoms with Gasteiger partial charge < -0.3 is 15.7 Å². The van der Waals surface area contributed by atoms with Gasteiger partial charge in [-0.05, 0) is 32.9 Å². The summed E-state index contributed by atoms with van der Waals surface area (Å²) < 4.78 is 3.39. The summed E-state index contributed by atoms with van der Waals surface area (Å²) in [6.45, 7) is 5.48. The van der Waals surface area contributed by atoms with Gasteiger partial charge in [0.25, 0.3) is 0 Å². The largest absolute Gasteiger partial charge is 0.390 e. The van der Waals surface area contributed by atoms with E-state index in [1.165, 1.54) is 6.20 Å². The van der Waals surface area contributed by atoms with Gasteiger partial charge in [0.1, 0.15) is 11.8 Å². The number of nitrogens with zero attached hydrogens (tertiary/aromatic N) is 8. The van der Waals surface area contributed by atoms with Gasteiger partial charge >= 0.3 is 0 Å². The summed E-state index contributed by atoms with van der Waals surface area (Å²) in [4.78, 5) is 9.00. The van der Waals surface area contributed by atoms with Crippen LogP contribution < -0.4 is 10.6 Å². The summed E-state index contributed by atoms with van der Waals surface area (Å²) >= 11 is 0. The number of aliphatic hydroxyl groups is 1. The molecule has 3 N–H and O–H groups in total. The Hall–Kier alpha value is -3.88. The smallest absolute Gasteiger partial charge is 0.164 e. The summed E-state index contributed by atoms with van der Waals surface area (Å²) in [5, 5.41) is 39.9. The predicted octanol–water partition coefficient (Wildman–Crippen LogP) is 1.66. The molecule has 1 aliphatic rings. The van der Waals surface area contributed by atoms with E-state index in [0.717, 1.165) is 29.6 Å². The molecule has 0 saturated carbocycles. The normalized spacial score (nSPS) is 18.5. The Morgan fingerprint density at radius 2 is 2.12 bits per heavy atom. The third-order valence-corrected chi connectivity index (χ3v) is 5.63. The quantitative estimate of drug-likeness (QED) is 0.419. The molecule has 0 aromatic carbocycles. The second-order valence-corrected chi connectivity index (χ2v) is 8.40. The van der Waals surface area contributed by atoms with Crippen LogP contribution in [0, 0.1) is 11.3 Å². The first-order valence-corrected chi connectivity index (χ1v) is 10.9. The van der Waals surface area contributed by atoms with Crippen molar-refractivity contribution >= 4 is 16.7 Å². The Kier molecular flexibility index (Phi) is 5.45. The number of pyridine rings is 2. The number of aromatic nitrogens is 7. The number of nitriles is 1. The number of anilines is 1. The fourth-order valence-corrected chi connectivity index (χ4v) is 4.04. The molecule has 0 aliphatic carbocycles. The molecule has 0 spiro atoms. The molecule has 168 valence electrons. The van der Waals surface area contributed by atoms with Crippen molar-refractivity contribution in [2.24, 2.45) is 0 Å². The minimum Gasteiger partial charge on any atom is -0.390 e. The molecular weight excluding hydrogens is 420 g/mol. The number of hydrogen-bond donors (Lipinski definition) is 3. The van der Waals surface area contributed by atoms with Crippen LogP contribution >= 0.6 is 0 Å². The number of β-amino-alcohol motifs (C(OH)–C–C–N with tert-alkyl or cyclic N) is 1. The molecule has 2 unspecified atom stereocenters. The van der Waals surface area contributed by atoms with Crippen molar-refractivity contribution in [3.05, 3.63) is 42.5 Å². The van der Waals surface area contributed by atoms with Crippen LogP contribution in [0.3, 0.4) is 0 Å². The molecule has 1 aliphatic heterocycles. The Bertz CT molecular complexity index is 1330. The van der Waals surface area contributed by atoms with E-state index in [1.807, 2.05) is 12.3 Å². The lowest BCUT2D eigenvalue weighted by atomic mass is 10.0. The Labute approximate surface area is 190 Å². The van der Waals surface area contributed by atoms with Crippen molar-refractivity contribution in [3.63, 3.8) is 0 Å². The van der Waals surface area contributed by atoms with Crippen molar-refractivity contribution in [1.29, 1.82) is 5.26 Å². The maximum Gasteiger partial charge on any atom is 0.164 e. The molecule has 4 aromatic rings. The summed E-state index contributed by atoms with van der Waals surface area (Å²) in [5.41, 5.74) is 3.42. The summed E-state index contributed by atoms with van der Waals surface area (Å²) in [7, 11) is 0. The number of rotatable bonds is 5. The van der Waals surface area contributed by atoms with Gasteiger partial charge in [-0.25, -0.2) is 14.6 Å². The molecule has 5 rings (SSSR count). The Morgan fingerprint density at radius 3 is 2.91 bits per heavy atom. The van der Waals surface area contributed by atoms with Gasteiger partial charge in [-0.2, -0.15) is 15.0 Å². The van der Waals surface area contributed by atoms with E-state index in [4.69, 9.17) is 5.26 Å². The first-order chi connectivity index (χ1) is 16.0. The van der Waals surface area contributed by atoms with E-state index in [1.54, 1.807) is 27.8 Å². The second kappa shape index (κ2) is 8.57. The molecule has 4 aromatic heterocycles. The van der Waals surface area contributed by atoms with E-state index < -0.39 is 6.10 Å². The third kappa shape index (κ3) is 4.02.